The second kappa shape index (κ2) is 8.00. The van der Waals surface area contributed by atoms with Crippen LogP contribution in [0.1, 0.15) is 43.9 Å². The van der Waals surface area contributed by atoms with Crippen LogP contribution < -0.4 is 10.6 Å². The van der Waals surface area contributed by atoms with E-state index in [0.717, 1.165) is 31.6 Å². The van der Waals surface area contributed by atoms with Gasteiger partial charge in [-0.25, -0.2) is 0 Å². The fourth-order valence-electron chi connectivity index (χ4n) is 2.73. The lowest BCUT2D eigenvalue weighted by molar-refractivity contribution is -0.121. The standard InChI is InChI=1S/C16H25N3O/c1-2-14-4-3-9-18-15(14)12-19-16(20)6-5-13-7-10-17-11-8-13/h3-4,9,13,17H,2,5-8,10-12H2,1H3,(H,19,20). The van der Waals surface area contributed by atoms with Crippen LogP contribution in [-0.4, -0.2) is 24.0 Å². The zero-order valence-corrected chi connectivity index (χ0v) is 12.3. The van der Waals surface area contributed by atoms with Crippen molar-refractivity contribution in [3.63, 3.8) is 0 Å². The van der Waals surface area contributed by atoms with Gasteiger partial charge < -0.3 is 10.6 Å². The molecular formula is C16H25N3O. The average Bonchev–Trinajstić information content (AvgIpc) is 2.52. The van der Waals surface area contributed by atoms with E-state index in [4.69, 9.17) is 0 Å². The predicted octanol–water partition coefficient (Wildman–Crippen LogP) is 2.04. The zero-order chi connectivity index (χ0) is 14.2. The molecule has 1 aliphatic heterocycles. The number of rotatable bonds is 6. The average molecular weight is 275 g/mol. The fourth-order valence-corrected chi connectivity index (χ4v) is 2.73. The molecule has 1 saturated heterocycles. The number of pyridine rings is 1. The first-order valence-electron chi connectivity index (χ1n) is 7.69. The topological polar surface area (TPSA) is 54.0 Å². The summed E-state index contributed by atoms with van der Waals surface area (Å²) in [5.41, 5.74) is 2.20. The Labute approximate surface area is 121 Å². The van der Waals surface area contributed by atoms with E-state index in [0.29, 0.717) is 18.9 Å². The molecule has 0 unspecified atom stereocenters. The Morgan fingerprint density at radius 1 is 1.45 bits per heavy atom. The molecule has 0 saturated carbocycles. The first-order chi connectivity index (χ1) is 9.79. The number of amides is 1. The quantitative estimate of drug-likeness (QED) is 0.835. The van der Waals surface area contributed by atoms with Crippen LogP contribution in [0.2, 0.25) is 0 Å². The van der Waals surface area contributed by atoms with Gasteiger partial charge in [0.15, 0.2) is 0 Å². The molecule has 1 aromatic heterocycles. The molecule has 110 valence electrons. The molecule has 2 rings (SSSR count). The van der Waals surface area contributed by atoms with Crippen molar-refractivity contribution in [1.82, 2.24) is 15.6 Å². The van der Waals surface area contributed by atoms with Gasteiger partial charge in [-0.3, -0.25) is 9.78 Å². The highest BCUT2D eigenvalue weighted by atomic mass is 16.1. The maximum atomic E-state index is 11.9. The van der Waals surface area contributed by atoms with Gasteiger partial charge in [0, 0.05) is 12.6 Å². The number of nitrogens with one attached hydrogen (secondary N) is 2. The summed E-state index contributed by atoms with van der Waals surface area (Å²) in [4.78, 5) is 16.3. The lowest BCUT2D eigenvalue weighted by Crippen LogP contribution is -2.29. The van der Waals surface area contributed by atoms with E-state index in [9.17, 15) is 4.79 Å². The summed E-state index contributed by atoms with van der Waals surface area (Å²) in [6, 6.07) is 4.02. The Bertz CT molecular complexity index is 427. The van der Waals surface area contributed by atoms with Crippen LogP contribution in [0, 0.1) is 5.92 Å². The number of hydrogen-bond donors (Lipinski definition) is 2. The Hall–Kier alpha value is -1.42. The van der Waals surface area contributed by atoms with Crippen LogP contribution in [0.25, 0.3) is 0 Å². The molecule has 1 aromatic rings. The molecular weight excluding hydrogens is 250 g/mol. The third-order valence-corrected chi connectivity index (χ3v) is 4.06. The molecule has 0 atom stereocenters. The van der Waals surface area contributed by atoms with Gasteiger partial charge in [0.1, 0.15) is 0 Å². The van der Waals surface area contributed by atoms with E-state index < -0.39 is 0 Å². The molecule has 0 radical (unpaired) electrons. The Balaban J connectivity index is 1.71. The minimum atomic E-state index is 0.149. The molecule has 2 heterocycles. The highest BCUT2D eigenvalue weighted by Gasteiger charge is 2.14. The lowest BCUT2D eigenvalue weighted by atomic mass is 9.93. The van der Waals surface area contributed by atoms with Crippen molar-refractivity contribution in [1.29, 1.82) is 0 Å². The van der Waals surface area contributed by atoms with Crippen molar-refractivity contribution < 1.29 is 4.79 Å². The van der Waals surface area contributed by atoms with Crippen LogP contribution in [0.15, 0.2) is 18.3 Å². The summed E-state index contributed by atoms with van der Waals surface area (Å²) in [7, 11) is 0. The largest absolute Gasteiger partial charge is 0.350 e. The number of carbonyl (C=O) groups is 1. The number of hydrogen-bond acceptors (Lipinski definition) is 3. The van der Waals surface area contributed by atoms with Crippen molar-refractivity contribution in [3.05, 3.63) is 29.6 Å². The van der Waals surface area contributed by atoms with Gasteiger partial charge in [-0.05, 0) is 56.3 Å². The van der Waals surface area contributed by atoms with E-state index in [2.05, 4.69) is 28.6 Å². The Morgan fingerprint density at radius 2 is 2.25 bits per heavy atom. The summed E-state index contributed by atoms with van der Waals surface area (Å²) >= 11 is 0. The highest BCUT2D eigenvalue weighted by Crippen LogP contribution is 2.17. The van der Waals surface area contributed by atoms with Crippen molar-refractivity contribution in [3.8, 4) is 0 Å². The molecule has 1 aliphatic rings. The maximum Gasteiger partial charge on any atom is 0.220 e. The molecule has 20 heavy (non-hydrogen) atoms. The second-order valence-corrected chi connectivity index (χ2v) is 5.47. The van der Waals surface area contributed by atoms with E-state index in [-0.39, 0.29) is 5.91 Å². The summed E-state index contributed by atoms with van der Waals surface area (Å²) in [5, 5.41) is 6.35. The van der Waals surface area contributed by atoms with E-state index >= 15 is 0 Å². The molecule has 4 heteroatoms. The second-order valence-electron chi connectivity index (χ2n) is 5.47. The van der Waals surface area contributed by atoms with Crippen LogP contribution in [-0.2, 0) is 17.8 Å². The molecule has 2 N–H and O–H groups in total. The third kappa shape index (κ3) is 4.60. The van der Waals surface area contributed by atoms with Gasteiger partial charge >= 0.3 is 0 Å². The summed E-state index contributed by atoms with van der Waals surface area (Å²) in [6.45, 7) is 4.86. The van der Waals surface area contributed by atoms with Crippen molar-refractivity contribution in [2.45, 2.75) is 45.6 Å². The third-order valence-electron chi connectivity index (χ3n) is 4.06. The van der Waals surface area contributed by atoms with Crippen molar-refractivity contribution >= 4 is 5.91 Å². The van der Waals surface area contributed by atoms with Crippen molar-refractivity contribution in [2.24, 2.45) is 5.92 Å². The molecule has 1 amide bonds. The smallest absolute Gasteiger partial charge is 0.220 e. The number of aromatic nitrogens is 1. The van der Waals surface area contributed by atoms with Crippen LogP contribution in [0.3, 0.4) is 0 Å². The van der Waals surface area contributed by atoms with Crippen molar-refractivity contribution in [2.75, 3.05) is 13.1 Å². The summed E-state index contributed by atoms with van der Waals surface area (Å²) in [6.07, 6.45) is 6.79. The van der Waals surface area contributed by atoms with Gasteiger partial charge in [-0.15, -0.1) is 0 Å². The first-order valence-corrected chi connectivity index (χ1v) is 7.69. The Kier molecular flexibility index (Phi) is 5.99. The van der Waals surface area contributed by atoms with Gasteiger partial charge in [0.25, 0.3) is 0 Å². The Morgan fingerprint density at radius 3 is 3.00 bits per heavy atom. The van der Waals surface area contributed by atoms with Gasteiger partial charge in [0.2, 0.25) is 5.91 Å². The molecule has 0 aromatic carbocycles. The minimum absolute atomic E-state index is 0.149. The zero-order valence-electron chi connectivity index (χ0n) is 12.3. The van der Waals surface area contributed by atoms with E-state index in [1.165, 1.54) is 18.4 Å². The molecule has 0 bridgehead atoms. The maximum absolute atomic E-state index is 11.9. The van der Waals surface area contributed by atoms with Gasteiger partial charge in [0.05, 0.1) is 12.2 Å². The highest BCUT2D eigenvalue weighted by molar-refractivity contribution is 5.75. The molecule has 0 spiro atoms. The minimum Gasteiger partial charge on any atom is -0.350 e. The van der Waals surface area contributed by atoms with E-state index in [1.807, 2.05) is 6.07 Å². The van der Waals surface area contributed by atoms with Gasteiger partial charge in [-0.2, -0.15) is 0 Å². The van der Waals surface area contributed by atoms with Gasteiger partial charge in [-0.1, -0.05) is 13.0 Å². The number of nitrogens with zero attached hydrogens (tertiary/aromatic N) is 1. The predicted molar refractivity (Wildman–Crippen MR) is 80.3 cm³/mol. The molecule has 4 nitrogen and oxygen atoms in total. The van der Waals surface area contributed by atoms with Crippen LogP contribution >= 0.6 is 0 Å². The summed E-state index contributed by atoms with van der Waals surface area (Å²) in [5.74, 6) is 0.860. The summed E-state index contributed by atoms with van der Waals surface area (Å²) < 4.78 is 0. The lowest BCUT2D eigenvalue weighted by Gasteiger charge is -2.22. The van der Waals surface area contributed by atoms with E-state index in [1.54, 1.807) is 6.20 Å². The molecule has 1 fully saturated rings. The monoisotopic (exact) mass is 275 g/mol. The SMILES string of the molecule is CCc1cccnc1CNC(=O)CCC1CCNCC1. The normalized spacial score (nSPS) is 16.1. The van der Waals surface area contributed by atoms with Crippen LogP contribution in [0.5, 0.6) is 0 Å². The molecule has 0 aliphatic carbocycles. The number of piperidine rings is 1. The number of aryl methyl sites for hydroxylation is 1. The van der Waals surface area contributed by atoms with Crippen LogP contribution in [0.4, 0.5) is 0 Å². The number of carbonyl (C=O) groups excluding carboxylic acids is 1. The first kappa shape index (κ1) is 15.0. The fraction of sp³-hybridized carbons (Fsp3) is 0.625.